The minimum Gasteiger partial charge on any atom is -0.332 e. The third kappa shape index (κ3) is 3.83. The SMILES string of the molecule is CN(CC(=O)N1CC(=O)N(c2ccc(Cl)cc2)C1)C(=O)c1cccnc1. The lowest BCUT2D eigenvalue weighted by atomic mass is 10.2. The van der Waals surface area contributed by atoms with Crippen LogP contribution in [-0.2, 0) is 9.59 Å². The molecule has 0 atom stereocenters. The third-order valence-corrected chi connectivity index (χ3v) is 4.31. The fourth-order valence-electron chi connectivity index (χ4n) is 2.65. The van der Waals surface area contributed by atoms with Crippen LogP contribution in [0.15, 0.2) is 48.8 Å². The first kappa shape index (κ1) is 17.9. The van der Waals surface area contributed by atoms with E-state index in [1.54, 1.807) is 49.6 Å². The van der Waals surface area contributed by atoms with Crippen molar-refractivity contribution in [2.24, 2.45) is 0 Å². The van der Waals surface area contributed by atoms with Gasteiger partial charge in [0.1, 0.15) is 13.2 Å². The number of likely N-dealkylation sites (N-methyl/N-ethyl adjacent to an activating group) is 1. The van der Waals surface area contributed by atoms with Crippen LogP contribution in [0.25, 0.3) is 0 Å². The first-order chi connectivity index (χ1) is 12.5. The first-order valence-corrected chi connectivity index (χ1v) is 8.32. The predicted octanol–water partition coefficient (Wildman–Crippen LogP) is 1.64. The molecule has 3 rings (SSSR count). The third-order valence-electron chi connectivity index (χ3n) is 4.06. The highest BCUT2D eigenvalue weighted by molar-refractivity contribution is 6.30. The van der Waals surface area contributed by atoms with Gasteiger partial charge in [-0.05, 0) is 36.4 Å². The Bertz CT molecular complexity index is 826. The summed E-state index contributed by atoms with van der Waals surface area (Å²) >= 11 is 5.86. The number of aromatic nitrogens is 1. The molecule has 8 heteroatoms. The Kier molecular flexibility index (Phi) is 5.18. The summed E-state index contributed by atoms with van der Waals surface area (Å²) < 4.78 is 0. The average Bonchev–Trinajstić information content (AvgIpc) is 3.04. The van der Waals surface area contributed by atoms with Crippen LogP contribution in [-0.4, -0.2) is 59.3 Å². The lowest BCUT2D eigenvalue weighted by Gasteiger charge is -2.22. The largest absolute Gasteiger partial charge is 0.332 e. The molecule has 1 aliphatic rings. The summed E-state index contributed by atoms with van der Waals surface area (Å²) in [6.45, 7) is 0.0140. The Morgan fingerprint density at radius 3 is 2.62 bits per heavy atom. The molecule has 0 spiro atoms. The van der Waals surface area contributed by atoms with Gasteiger partial charge in [0.15, 0.2) is 0 Å². The van der Waals surface area contributed by atoms with Gasteiger partial charge in [0.05, 0.1) is 12.1 Å². The minimum absolute atomic E-state index is 0.0175. The Labute approximate surface area is 155 Å². The number of halogens is 1. The molecule has 2 aromatic rings. The number of benzene rings is 1. The topological polar surface area (TPSA) is 73.8 Å². The highest BCUT2D eigenvalue weighted by Gasteiger charge is 2.32. The fraction of sp³-hybridized carbons (Fsp3) is 0.222. The van der Waals surface area contributed by atoms with Crippen molar-refractivity contribution < 1.29 is 14.4 Å². The van der Waals surface area contributed by atoms with Gasteiger partial charge in [-0.25, -0.2) is 0 Å². The molecule has 0 radical (unpaired) electrons. The van der Waals surface area contributed by atoms with Gasteiger partial charge in [-0.3, -0.25) is 24.3 Å². The van der Waals surface area contributed by atoms with E-state index in [0.717, 1.165) is 0 Å². The van der Waals surface area contributed by atoms with Crippen molar-refractivity contribution in [2.75, 3.05) is 31.7 Å². The molecule has 1 aromatic heterocycles. The smallest absolute Gasteiger partial charge is 0.255 e. The maximum absolute atomic E-state index is 12.5. The van der Waals surface area contributed by atoms with Crippen LogP contribution in [0.5, 0.6) is 0 Å². The van der Waals surface area contributed by atoms with Crippen LogP contribution in [0, 0.1) is 0 Å². The zero-order valence-corrected chi connectivity index (χ0v) is 14.9. The van der Waals surface area contributed by atoms with Crippen molar-refractivity contribution in [2.45, 2.75) is 0 Å². The minimum atomic E-state index is -0.300. The molecule has 7 nitrogen and oxygen atoms in total. The van der Waals surface area contributed by atoms with Gasteiger partial charge in [0.2, 0.25) is 11.8 Å². The number of hydrogen-bond acceptors (Lipinski definition) is 4. The van der Waals surface area contributed by atoms with Crippen LogP contribution in [0.3, 0.4) is 0 Å². The Balaban J connectivity index is 1.63. The van der Waals surface area contributed by atoms with Gasteiger partial charge < -0.3 is 9.80 Å². The van der Waals surface area contributed by atoms with Crippen molar-refractivity contribution in [1.82, 2.24) is 14.8 Å². The van der Waals surface area contributed by atoms with Crippen LogP contribution in [0.2, 0.25) is 5.02 Å². The van der Waals surface area contributed by atoms with Gasteiger partial charge in [0.25, 0.3) is 5.91 Å². The number of carbonyl (C=O) groups is 3. The van der Waals surface area contributed by atoms with Crippen molar-refractivity contribution in [3.8, 4) is 0 Å². The standard InChI is InChI=1S/C18H17ClN4O3/c1-21(18(26)13-3-2-8-20-9-13)10-16(24)22-11-17(25)23(12-22)15-6-4-14(19)5-7-15/h2-9H,10-12H2,1H3. The molecule has 1 fully saturated rings. The van der Waals surface area contributed by atoms with E-state index in [1.165, 1.54) is 20.9 Å². The molecule has 3 amide bonds. The Hall–Kier alpha value is -2.93. The first-order valence-electron chi connectivity index (χ1n) is 7.95. The summed E-state index contributed by atoms with van der Waals surface area (Å²) in [6.07, 6.45) is 3.02. The summed E-state index contributed by atoms with van der Waals surface area (Å²) in [5, 5.41) is 0.573. The number of nitrogens with zero attached hydrogens (tertiary/aromatic N) is 4. The lowest BCUT2D eigenvalue weighted by Crippen LogP contribution is -2.41. The zero-order chi connectivity index (χ0) is 18.7. The van der Waals surface area contributed by atoms with Crippen molar-refractivity contribution in [1.29, 1.82) is 0 Å². The molecule has 26 heavy (non-hydrogen) atoms. The number of anilines is 1. The van der Waals surface area contributed by atoms with E-state index < -0.39 is 0 Å². The van der Waals surface area contributed by atoms with E-state index in [0.29, 0.717) is 16.3 Å². The molecular weight excluding hydrogens is 356 g/mol. The quantitative estimate of drug-likeness (QED) is 0.817. The van der Waals surface area contributed by atoms with Crippen LogP contribution >= 0.6 is 11.6 Å². The lowest BCUT2D eigenvalue weighted by molar-refractivity contribution is -0.132. The van der Waals surface area contributed by atoms with Crippen LogP contribution in [0.1, 0.15) is 10.4 Å². The normalized spacial score (nSPS) is 13.8. The van der Waals surface area contributed by atoms with E-state index >= 15 is 0 Å². The molecular formula is C18H17ClN4O3. The average molecular weight is 373 g/mol. The number of hydrogen-bond donors (Lipinski definition) is 0. The zero-order valence-electron chi connectivity index (χ0n) is 14.1. The number of amides is 3. The van der Waals surface area contributed by atoms with Gasteiger partial charge in [-0.1, -0.05) is 11.6 Å². The van der Waals surface area contributed by atoms with E-state index in [2.05, 4.69) is 4.98 Å². The fourth-order valence-corrected chi connectivity index (χ4v) is 2.77. The van der Waals surface area contributed by atoms with Gasteiger partial charge in [-0.15, -0.1) is 0 Å². The molecule has 0 aliphatic carbocycles. The molecule has 1 aliphatic heterocycles. The number of pyridine rings is 1. The van der Waals surface area contributed by atoms with Crippen molar-refractivity contribution in [3.05, 3.63) is 59.4 Å². The highest BCUT2D eigenvalue weighted by atomic mass is 35.5. The van der Waals surface area contributed by atoms with Crippen LogP contribution in [0.4, 0.5) is 5.69 Å². The molecule has 1 aromatic carbocycles. The van der Waals surface area contributed by atoms with E-state index in [1.807, 2.05) is 0 Å². The maximum Gasteiger partial charge on any atom is 0.255 e. The molecule has 0 saturated carbocycles. The van der Waals surface area contributed by atoms with Gasteiger partial charge in [-0.2, -0.15) is 0 Å². The monoisotopic (exact) mass is 372 g/mol. The number of carbonyl (C=O) groups excluding carboxylic acids is 3. The summed E-state index contributed by atoms with van der Waals surface area (Å²) in [7, 11) is 1.54. The summed E-state index contributed by atoms with van der Waals surface area (Å²) in [5.74, 6) is -0.775. The summed E-state index contributed by atoms with van der Waals surface area (Å²) in [6, 6.07) is 10.1. The second-order valence-electron chi connectivity index (χ2n) is 5.93. The number of rotatable bonds is 4. The van der Waals surface area contributed by atoms with Crippen LogP contribution < -0.4 is 4.90 Å². The second-order valence-corrected chi connectivity index (χ2v) is 6.37. The predicted molar refractivity (Wildman–Crippen MR) is 96.7 cm³/mol. The highest BCUT2D eigenvalue weighted by Crippen LogP contribution is 2.21. The van der Waals surface area contributed by atoms with Crippen molar-refractivity contribution >= 4 is 35.0 Å². The molecule has 0 N–H and O–H groups in total. The molecule has 134 valence electrons. The van der Waals surface area contributed by atoms with E-state index in [-0.39, 0.29) is 37.5 Å². The van der Waals surface area contributed by atoms with E-state index in [9.17, 15) is 14.4 Å². The molecule has 1 saturated heterocycles. The molecule has 0 bridgehead atoms. The van der Waals surface area contributed by atoms with Gasteiger partial charge >= 0.3 is 0 Å². The Morgan fingerprint density at radius 2 is 1.96 bits per heavy atom. The van der Waals surface area contributed by atoms with E-state index in [4.69, 9.17) is 11.6 Å². The molecule has 2 heterocycles. The summed E-state index contributed by atoms with van der Waals surface area (Å²) in [5.41, 5.74) is 1.08. The maximum atomic E-state index is 12.5. The second kappa shape index (κ2) is 7.53. The summed E-state index contributed by atoms with van der Waals surface area (Å²) in [4.78, 5) is 45.2. The van der Waals surface area contributed by atoms with Crippen molar-refractivity contribution in [3.63, 3.8) is 0 Å². The van der Waals surface area contributed by atoms with Gasteiger partial charge in [0, 0.05) is 30.2 Å². The Morgan fingerprint density at radius 1 is 1.23 bits per heavy atom. The molecule has 0 unspecified atom stereocenters.